The van der Waals surface area contributed by atoms with Crippen molar-refractivity contribution in [2.75, 3.05) is 5.32 Å². The van der Waals surface area contributed by atoms with Gasteiger partial charge in [0, 0.05) is 18.0 Å². The van der Waals surface area contributed by atoms with Crippen LogP contribution in [0.3, 0.4) is 0 Å². The topological polar surface area (TPSA) is 62.2 Å². The molecule has 1 amide bonds. The third-order valence-electron chi connectivity index (χ3n) is 3.56. The maximum Gasteiger partial charge on any atom is 0.221 e. The summed E-state index contributed by atoms with van der Waals surface area (Å²) in [5.74, 6) is -0.197. The Labute approximate surface area is 154 Å². The van der Waals surface area contributed by atoms with E-state index in [0.29, 0.717) is 21.6 Å². The molecule has 0 saturated carbocycles. The Kier molecular flexibility index (Phi) is 4.93. The molecule has 0 fully saturated rings. The largest absolute Gasteiger partial charge is 0.504 e. The molecule has 0 unspecified atom stereocenters. The van der Waals surface area contributed by atoms with Gasteiger partial charge < -0.3 is 10.4 Å². The fourth-order valence-electron chi connectivity index (χ4n) is 2.37. The van der Waals surface area contributed by atoms with Crippen molar-refractivity contribution in [2.24, 2.45) is 0 Å². The third-order valence-corrected chi connectivity index (χ3v) is 4.16. The van der Waals surface area contributed by atoms with E-state index in [-0.39, 0.29) is 16.7 Å². The molecular formula is C19H14Cl2N2O2. The smallest absolute Gasteiger partial charge is 0.221 e. The molecular weight excluding hydrogens is 359 g/mol. The number of phenols is 1. The zero-order chi connectivity index (χ0) is 18.0. The first-order chi connectivity index (χ1) is 11.9. The van der Waals surface area contributed by atoms with Crippen molar-refractivity contribution in [1.82, 2.24) is 4.98 Å². The van der Waals surface area contributed by atoms with E-state index >= 15 is 0 Å². The third kappa shape index (κ3) is 3.92. The number of nitrogens with one attached hydrogen (secondary N) is 1. The van der Waals surface area contributed by atoms with Gasteiger partial charge in [0.1, 0.15) is 5.52 Å². The Morgan fingerprint density at radius 1 is 1.08 bits per heavy atom. The van der Waals surface area contributed by atoms with Gasteiger partial charge >= 0.3 is 0 Å². The molecule has 6 heteroatoms. The van der Waals surface area contributed by atoms with E-state index in [1.54, 1.807) is 6.07 Å². The summed E-state index contributed by atoms with van der Waals surface area (Å²) in [4.78, 5) is 15.4. The zero-order valence-corrected chi connectivity index (χ0v) is 14.8. The number of hydrogen-bond acceptors (Lipinski definition) is 3. The van der Waals surface area contributed by atoms with Crippen LogP contribution in [0.2, 0.25) is 10.0 Å². The van der Waals surface area contributed by atoms with Crippen molar-refractivity contribution in [3.63, 3.8) is 0 Å². The second kappa shape index (κ2) is 7.13. The SMILES string of the molecule is CC(=O)Nc1ccc(C=Cc2ccc3c(Cl)cc(Cl)c(O)c3n2)cc1. The average Bonchev–Trinajstić information content (AvgIpc) is 2.58. The van der Waals surface area contributed by atoms with Gasteiger partial charge in [-0.15, -0.1) is 0 Å². The quantitative estimate of drug-likeness (QED) is 0.648. The van der Waals surface area contributed by atoms with Crippen LogP contribution in [-0.4, -0.2) is 16.0 Å². The molecule has 3 aromatic rings. The highest BCUT2D eigenvalue weighted by Crippen LogP contribution is 2.36. The number of aromatic nitrogens is 1. The Hall–Kier alpha value is -2.56. The maximum atomic E-state index is 11.0. The average molecular weight is 373 g/mol. The predicted octanol–water partition coefficient (Wildman–Crippen LogP) is 5.38. The lowest BCUT2D eigenvalue weighted by Gasteiger charge is -2.06. The van der Waals surface area contributed by atoms with Crippen molar-refractivity contribution < 1.29 is 9.90 Å². The van der Waals surface area contributed by atoms with Crippen LogP contribution in [0.5, 0.6) is 5.75 Å². The molecule has 0 bridgehead atoms. The van der Waals surface area contributed by atoms with Crippen molar-refractivity contribution in [3.8, 4) is 5.75 Å². The van der Waals surface area contributed by atoms with Gasteiger partial charge in [0.25, 0.3) is 0 Å². The summed E-state index contributed by atoms with van der Waals surface area (Å²) in [6.45, 7) is 1.47. The summed E-state index contributed by atoms with van der Waals surface area (Å²) >= 11 is 12.1. The second-order valence-corrected chi connectivity index (χ2v) is 6.27. The van der Waals surface area contributed by atoms with Gasteiger partial charge in [0.15, 0.2) is 5.75 Å². The van der Waals surface area contributed by atoms with Crippen LogP contribution in [0, 0.1) is 0 Å². The number of pyridine rings is 1. The summed E-state index contributed by atoms with van der Waals surface area (Å²) in [7, 11) is 0. The first kappa shape index (κ1) is 17.3. The van der Waals surface area contributed by atoms with E-state index in [9.17, 15) is 9.90 Å². The number of anilines is 1. The Morgan fingerprint density at radius 2 is 1.80 bits per heavy atom. The monoisotopic (exact) mass is 372 g/mol. The summed E-state index contributed by atoms with van der Waals surface area (Å²) in [6.07, 6.45) is 3.70. The van der Waals surface area contributed by atoms with Gasteiger partial charge in [0.2, 0.25) is 5.91 Å². The minimum absolute atomic E-state index is 0.0871. The van der Waals surface area contributed by atoms with Crippen LogP contribution in [0.25, 0.3) is 23.1 Å². The molecule has 0 radical (unpaired) electrons. The van der Waals surface area contributed by atoms with Crippen molar-refractivity contribution >= 4 is 57.9 Å². The minimum atomic E-state index is -0.110. The molecule has 25 heavy (non-hydrogen) atoms. The predicted molar refractivity (Wildman–Crippen MR) is 103 cm³/mol. The van der Waals surface area contributed by atoms with Crippen molar-refractivity contribution in [3.05, 3.63) is 63.8 Å². The molecule has 0 aliphatic rings. The van der Waals surface area contributed by atoms with E-state index in [1.165, 1.54) is 13.0 Å². The number of aromatic hydroxyl groups is 1. The van der Waals surface area contributed by atoms with Gasteiger partial charge in [0.05, 0.1) is 15.7 Å². The number of hydrogen-bond donors (Lipinski definition) is 2. The highest BCUT2D eigenvalue weighted by atomic mass is 35.5. The Morgan fingerprint density at radius 3 is 2.48 bits per heavy atom. The molecule has 0 saturated heterocycles. The summed E-state index contributed by atoms with van der Waals surface area (Å²) in [6, 6.07) is 12.5. The Bertz CT molecular complexity index is 983. The zero-order valence-electron chi connectivity index (χ0n) is 13.3. The Balaban J connectivity index is 1.88. The second-order valence-electron chi connectivity index (χ2n) is 5.46. The molecule has 0 aliphatic heterocycles. The van der Waals surface area contributed by atoms with Crippen LogP contribution in [0.15, 0.2) is 42.5 Å². The number of halogens is 2. The number of phenolic OH excluding ortho intramolecular Hbond substituents is 1. The van der Waals surface area contributed by atoms with Gasteiger partial charge in [-0.2, -0.15) is 0 Å². The lowest BCUT2D eigenvalue weighted by atomic mass is 10.1. The molecule has 126 valence electrons. The van der Waals surface area contributed by atoms with E-state index in [4.69, 9.17) is 23.2 Å². The molecule has 4 nitrogen and oxygen atoms in total. The van der Waals surface area contributed by atoms with Gasteiger partial charge in [-0.05, 0) is 42.0 Å². The lowest BCUT2D eigenvalue weighted by molar-refractivity contribution is -0.114. The number of rotatable bonds is 3. The molecule has 0 spiro atoms. The molecule has 3 rings (SSSR count). The summed E-state index contributed by atoms with van der Waals surface area (Å²) in [5, 5.41) is 14.0. The summed E-state index contributed by atoms with van der Waals surface area (Å²) < 4.78 is 0. The summed E-state index contributed by atoms with van der Waals surface area (Å²) in [5.41, 5.74) is 2.71. The number of benzene rings is 2. The van der Waals surface area contributed by atoms with E-state index < -0.39 is 0 Å². The van der Waals surface area contributed by atoms with Gasteiger partial charge in [-0.3, -0.25) is 4.79 Å². The fraction of sp³-hybridized carbons (Fsp3) is 0.0526. The number of carbonyl (C=O) groups is 1. The molecule has 0 atom stereocenters. The maximum absolute atomic E-state index is 11.0. The van der Waals surface area contributed by atoms with Crippen LogP contribution >= 0.6 is 23.2 Å². The molecule has 2 N–H and O–H groups in total. The molecule has 2 aromatic carbocycles. The van der Waals surface area contributed by atoms with Crippen molar-refractivity contribution in [1.29, 1.82) is 0 Å². The number of fused-ring (bicyclic) bond motifs is 1. The van der Waals surface area contributed by atoms with Gasteiger partial charge in [-0.25, -0.2) is 4.98 Å². The van der Waals surface area contributed by atoms with Gasteiger partial charge in [-0.1, -0.05) is 41.4 Å². The van der Waals surface area contributed by atoms with Crippen LogP contribution < -0.4 is 5.32 Å². The van der Waals surface area contributed by atoms with Crippen LogP contribution in [0.4, 0.5) is 5.69 Å². The first-order valence-corrected chi connectivity index (χ1v) is 8.23. The molecule has 1 aromatic heterocycles. The highest BCUT2D eigenvalue weighted by molar-refractivity contribution is 6.39. The lowest BCUT2D eigenvalue weighted by Crippen LogP contribution is -2.05. The molecule has 1 heterocycles. The van der Waals surface area contributed by atoms with E-state index in [0.717, 1.165) is 11.3 Å². The number of amides is 1. The molecule has 0 aliphatic carbocycles. The highest BCUT2D eigenvalue weighted by Gasteiger charge is 2.10. The minimum Gasteiger partial charge on any atom is -0.504 e. The number of carbonyl (C=O) groups excluding carboxylic acids is 1. The fourth-order valence-corrected chi connectivity index (χ4v) is 2.89. The first-order valence-electron chi connectivity index (χ1n) is 7.47. The standard InChI is InChI=1S/C19H14Cl2N2O2/c1-11(24)22-13-5-2-12(3-6-13)4-7-14-8-9-15-16(20)10-17(21)19(25)18(15)23-14/h2-10,25H,1H3,(H,22,24). The normalized spacial score (nSPS) is 11.2. The number of nitrogens with zero attached hydrogens (tertiary/aromatic N) is 1. The van der Waals surface area contributed by atoms with Crippen LogP contribution in [-0.2, 0) is 4.79 Å². The van der Waals surface area contributed by atoms with Crippen LogP contribution in [0.1, 0.15) is 18.2 Å². The van der Waals surface area contributed by atoms with E-state index in [2.05, 4.69) is 10.3 Å². The van der Waals surface area contributed by atoms with Crippen molar-refractivity contribution in [2.45, 2.75) is 6.92 Å². The van der Waals surface area contributed by atoms with E-state index in [1.807, 2.05) is 42.5 Å².